The summed E-state index contributed by atoms with van der Waals surface area (Å²) in [5.41, 5.74) is 1.57. The van der Waals surface area contributed by atoms with Gasteiger partial charge in [-0.2, -0.15) is 5.10 Å². The number of anilines is 1. The van der Waals surface area contributed by atoms with E-state index in [2.05, 4.69) is 20.0 Å². The van der Waals surface area contributed by atoms with Crippen molar-refractivity contribution in [3.05, 3.63) is 35.4 Å². The first kappa shape index (κ1) is 19.4. The molecule has 8 nitrogen and oxygen atoms in total. The largest absolute Gasteiger partial charge is 0.356 e. The second-order valence-electron chi connectivity index (χ2n) is 8.29. The smallest absolute Gasteiger partial charge is 0.227 e. The lowest BCUT2D eigenvalue weighted by atomic mass is 9.96. The summed E-state index contributed by atoms with van der Waals surface area (Å²) in [6, 6.07) is 3.92. The Labute approximate surface area is 180 Å². The van der Waals surface area contributed by atoms with Crippen molar-refractivity contribution in [1.82, 2.24) is 29.6 Å². The third-order valence-electron chi connectivity index (χ3n) is 6.22. The molecular formula is C21H26ClN7O. The Hall–Kier alpha value is -2.61. The molecular weight excluding hydrogens is 402 g/mol. The molecule has 0 aromatic carbocycles. The average Bonchev–Trinajstić information content (AvgIpc) is 3.52. The van der Waals surface area contributed by atoms with E-state index in [4.69, 9.17) is 16.6 Å². The number of aromatic amines is 1. The molecule has 2 aliphatic heterocycles. The highest BCUT2D eigenvalue weighted by atomic mass is 35.5. The second-order valence-corrected chi connectivity index (χ2v) is 8.73. The number of piperidine rings is 1. The number of rotatable bonds is 4. The van der Waals surface area contributed by atoms with E-state index in [1.165, 1.54) is 0 Å². The van der Waals surface area contributed by atoms with Crippen molar-refractivity contribution < 1.29 is 4.79 Å². The van der Waals surface area contributed by atoms with E-state index in [9.17, 15) is 4.79 Å². The number of pyridine rings is 1. The van der Waals surface area contributed by atoms with Crippen LogP contribution in [0.1, 0.15) is 44.5 Å². The molecule has 3 aromatic heterocycles. The lowest BCUT2D eigenvalue weighted by Gasteiger charge is -2.34. The predicted octanol–water partition coefficient (Wildman–Crippen LogP) is 3.26. The molecule has 2 aliphatic rings. The molecule has 1 amide bonds. The number of fused-ring (bicyclic) bond motifs is 1. The molecule has 2 saturated heterocycles. The van der Waals surface area contributed by atoms with E-state index < -0.39 is 0 Å². The minimum absolute atomic E-state index is 0.0660. The number of amides is 1. The van der Waals surface area contributed by atoms with Crippen LogP contribution in [0.4, 0.5) is 5.82 Å². The van der Waals surface area contributed by atoms with Gasteiger partial charge in [-0.25, -0.2) is 9.97 Å². The second kappa shape index (κ2) is 7.91. The number of halogens is 1. The highest BCUT2D eigenvalue weighted by Crippen LogP contribution is 2.26. The quantitative estimate of drug-likeness (QED) is 0.691. The number of aromatic nitrogens is 5. The summed E-state index contributed by atoms with van der Waals surface area (Å²) in [6.45, 7) is 5.50. The fourth-order valence-electron chi connectivity index (χ4n) is 4.51. The minimum atomic E-state index is -0.0763. The summed E-state index contributed by atoms with van der Waals surface area (Å²) in [6.07, 6.45) is 7.63. The number of carbonyl (C=O) groups is 1. The molecule has 0 unspecified atom stereocenters. The zero-order valence-corrected chi connectivity index (χ0v) is 17.8. The number of H-pyrrole nitrogens is 1. The van der Waals surface area contributed by atoms with Crippen LogP contribution >= 0.6 is 11.6 Å². The van der Waals surface area contributed by atoms with Gasteiger partial charge in [-0.15, -0.1) is 0 Å². The molecule has 0 bridgehead atoms. The van der Waals surface area contributed by atoms with Gasteiger partial charge in [0.2, 0.25) is 5.91 Å². The van der Waals surface area contributed by atoms with Crippen molar-refractivity contribution in [2.45, 2.75) is 38.6 Å². The van der Waals surface area contributed by atoms with Crippen LogP contribution < -0.4 is 4.90 Å². The lowest BCUT2D eigenvalue weighted by molar-refractivity contribution is -0.134. The molecule has 3 aromatic rings. The maximum atomic E-state index is 12.8. The molecule has 0 saturated carbocycles. The monoisotopic (exact) mass is 427 g/mol. The van der Waals surface area contributed by atoms with Gasteiger partial charge in [-0.05, 0) is 44.7 Å². The molecule has 2 atom stereocenters. The summed E-state index contributed by atoms with van der Waals surface area (Å²) < 4.78 is 1.78. The van der Waals surface area contributed by atoms with E-state index in [1.54, 1.807) is 17.1 Å². The predicted molar refractivity (Wildman–Crippen MR) is 116 cm³/mol. The first-order valence-electron chi connectivity index (χ1n) is 10.7. The number of carbonyl (C=O) groups excluding carboxylic acids is 1. The number of imidazole rings is 1. The van der Waals surface area contributed by atoms with Crippen molar-refractivity contribution in [2.75, 3.05) is 31.1 Å². The molecule has 1 N–H and O–H groups in total. The van der Waals surface area contributed by atoms with Crippen LogP contribution in [-0.2, 0) is 4.79 Å². The van der Waals surface area contributed by atoms with E-state index in [0.29, 0.717) is 10.9 Å². The summed E-state index contributed by atoms with van der Waals surface area (Å²) >= 11 is 5.99. The Morgan fingerprint density at radius 1 is 1.20 bits per heavy atom. The molecule has 5 heterocycles. The minimum Gasteiger partial charge on any atom is -0.356 e. The highest BCUT2D eigenvalue weighted by Gasteiger charge is 2.31. The van der Waals surface area contributed by atoms with Gasteiger partial charge in [0.05, 0.1) is 17.1 Å². The number of nitrogens with one attached hydrogen (secondary N) is 1. The maximum Gasteiger partial charge on any atom is 0.227 e. The molecule has 9 heteroatoms. The van der Waals surface area contributed by atoms with Gasteiger partial charge >= 0.3 is 0 Å². The number of hydrogen-bond acceptors (Lipinski definition) is 5. The zero-order chi connectivity index (χ0) is 20.7. The Kier molecular flexibility index (Phi) is 5.10. The van der Waals surface area contributed by atoms with Gasteiger partial charge in [0.1, 0.15) is 23.2 Å². The molecule has 30 heavy (non-hydrogen) atoms. The summed E-state index contributed by atoms with van der Waals surface area (Å²) in [5, 5.41) is 4.87. The number of hydrogen-bond donors (Lipinski definition) is 1. The Morgan fingerprint density at radius 2 is 2.03 bits per heavy atom. The van der Waals surface area contributed by atoms with E-state index in [-0.39, 0.29) is 12.0 Å². The SMILES string of the molecule is C[C@@H](c1nc2ccc(N3CCC[C@H](C(=O)N4CCCC4)C3)nc2[nH]1)n1cc(Cl)cn1. The Balaban J connectivity index is 1.35. The van der Waals surface area contributed by atoms with Crippen LogP contribution in [0, 0.1) is 5.92 Å². The molecule has 158 valence electrons. The molecule has 0 aliphatic carbocycles. The third-order valence-corrected chi connectivity index (χ3v) is 6.42. The van der Waals surface area contributed by atoms with E-state index in [1.807, 2.05) is 24.0 Å². The highest BCUT2D eigenvalue weighted by molar-refractivity contribution is 6.30. The van der Waals surface area contributed by atoms with Crippen LogP contribution in [0.15, 0.2) is 24.5 Å². The maximum absolute atomic E-state index is 12.8. The topological polar surface area (TPSA) is 82.9 Å². The standard InChI is InChI=1S/C21H26ClN7O/c1-14(29-13-16(22)11-23-29)19-24-17-6-7-18(25-20(17)26-19)28-10-4-5-15(12-28)21(30)27-8-2-3-9-27/h6-7,11,13-15H,2-5,8-10,12H2,1H3,(H,24,25,26)/t14-,15-/m0/s1. The van der Waals surface area contributed by atoms with Gasteiger partial charge in [0.25, 0.3) is 0 Å². The first-order chi connectivity index (χ1) is 14.6. The summed E-state index contributed by atoms with van der Waals surface area (Å²) in [7, 11) is 0. The van der Waals surface area contributed by atoms with Gasteiger partial charge in [0, 0.05) is 32.4 Å². The first-order valence-corrected chi connectivity index (χ1v) is 11.1. The van der Waals surface area contributed by atoms with Crippen molar-refractivity contribution in [3.63, 3.8) is 0 Å². The fraction of sp³-hybridized carbons (Fsp3) is 0.524. The average molecular weight is 428 g/mol. The van der Waals surface area contributed by atoms with Gasteiger partial charge in [0.15, 0.2) is 5.65 Å². The molecule has 0 radical (unpaired) electrons. The normalized spacial score (nSPS) is 20.8. The summed E-state index contributed by atoms with van der Waals surface area (Å²) in [4.78, 5) is 30.0. The molecule has 0 spiro atoms. The fourth-order valence-corrected chi connectivity index (χ4v) is 4.65. The zero-order valence-electron chi connectivity index (χ0n) is 17.1. The van der Waals surface area contributed by atoms with Gasteiger partial charge in [-0.1, -0.05) is 11.6 Å². The van der Waals surface area contributed by atoms with Gasteiger partial charge < -0.3 is 14.8 Å². The van der Waals surface area contributed by atoms with Crippen LogP contribution in [-0.4, -0.2) is 61.7 Å². The number of likely N-dealkylation sites (tertiary alicyclic amines) is 1. The van der Waals surface area contributed by atoms with Crippen LogP contribution in [0.25, 0.3) is 11.2 Å². The number of nitrogens with zero attached hydrogens (tertiary/aromatic N) is 6. The van der Waals surface area contributed by atoms with E-state index >= 15 is 0 Å². The lowest BCUT2D eigenvalue weighted by Crippen LogP contribution is -2.44. The van der Waals surface area contributed by atoms with Crippen LogP contribution in [0.2, 0.25) is 5.02 Å². The molecule has 2 fully saturated rings. The van der Waals surface area contributed by atoms with Crippen molar-refractivity contribution in [2.24, 2.45) is 5.92 Å². The molecule has 5 rings (SSSR count). The van der Waals surface area contributed by atoms with Crippen molar-refractivity contribution in [1.29, 1.82) is 0 Å². The van der Waals surface area contributed by atoms with Crippen LogP contribution in [0.3, 0.4) is 0 Å². The Morgan fingerprint density at radius 3 is 2.80 bits per heavy atom. The van der Waals surface area contributed by atoms with Crippen molar-refractivity contribution in [3.8, 4) is 0 Å². The van der Waals surface area contributed by atoms with E-state index in [0.717, 1.165) is 74.7 Å². The summed E-state index contributed by atoms with van der Waals surface area (Å²) in [5.74, 6) is 2.06. The van der Waals surface area contributed by atoms with Crippen LogP contribution in [0.5, 0.6) is 0 Å². The van der Waals surface area contributed by atoms with Gasteiger partial charge in [-0.3, -0.25) is 9.48 Å². The van der Waals surface area contributed by atoms with Crippen molar-refractivity contribution >= 4 is 34.5 Å². The third kappa shape index (κ3) is 3.64. The Bertz CT molecular complexity index is 1050.